The average Bonchev–Trinajstić information content (AvgIpc) is 2.89. The summed E-state index contributed by atoms with van der Waals surface area (Å²) in [4.78, 5) is 50.9. The smallest absolute Gasteiger partial charge is 0.408 e. The van der Waals surface area contributed by atoms with Crippen molar-refractivity contribution in [1.82, 2.24) is 25.9 Å². The number of aromatic nitrogens is 2. The molecule has 36 heavy (non-hydrogen) atoms. The highest BCUT2D eigenvalue weighted by Crippen LogP contribution is 2.15. The zero-order valence-corrected chi connectivity index (χ0v) is 20.8. The van der Waals surface area contributed by atoms with Crippen LogP contribution in [0.2, 0.25) is 0 Å². The lowest BCUT2D eigenvalue weighted by Gasteiger charge is -2.23. The van der Waals surface area contributed by atoms with E-state index >= 15 is 0 Å². The predicted molar refractivity (Wildman–Crippen MR) is 135 cm³/mol. The van der Waals surface area contributed by atoms with Gasteiger partial charge < -0.3 is 10.1 Å². The summed E-state index contributed by atoms with van der Waals surface area (Å²) in [5.41, 5.74) is 5.22. The van der Waals surface area contributed by atoms with Crippen LogP contribution in [0.25, 0.3) is 10.8 Å². The summed E-state index contributed by atoms with van der Waals surface area (Å²) in [6.45, 7) is 7.31. The van der Waals surface area contributed by atoms with E-state index in [0.29, 0.717) is 17.2 Å². The zero-order chi connectivity index (χ0) is 26.2. The molecular weight excluding hydrogens is 462 g/mol. The van der Waals surface area contributed by atoms with Gasteiger partial charge in [0.1, 0.15) is 12.6 Å². The molecule has 0 unspecified atom stereocenters. The number of amides is 3. The van der Waals surface area contributed by atoms with Crippen LogP contribution in [-0.4, -0.2) is 33.7 Å². The minimum atomic E-state index is -0.951. The first kappa shape index (κ1) is 26.4. The largest absolute Gasteiger partial charge is 0.445 e. The van der Waals surface area contributed by atoms with Gasteiger partial charge in [0.15, 0.2) is 5.69 Å². The van der Waals surface area contributed by atoms with Crippen molar-refractivity contribution in [2.24, 2.45) is 5.92 Å². The Bertz CT molecular complexity index is 1290. The molecule has 3 rings (SSSR count). The van der Waals surface area contributed by atoms with Crippen LogP contribution in [0, 0.1) is 5.92 Å². The second kappa shape index (κ2) is 12.0. The lowest BCUT2D eigenvalue weighted by molar-refractivity contribution is -0.125. The molecule has 0 saturated heterocycles. The minimum Gasteiger partial charge on any atom is -0.445 e. The van der Waals surface area contributed by atoms with Gasteiger partial charge >= 0.3 is 6.09 Å². The topological polar surface area (TPSA) is 131 Å². The number of hydrazine groups is 1. The van der Waals surface area contributed by atoms with Crippen molar-refractivity contribution in [1.29, 1.82) is 0 Å². The fraction of sp³-hybridized carbons (Fsp3) is 0.346. The van der Waals surface area contributed by atoms with Crippen LogP contribution in [0.1, 0.15) is 56.2 Å². The molecule has 0 saturated carbocycles. The SMILES string of the molecule is CC[C@H](C)[C@H](NC(=O)OCc1ccccc1)C(=O)NNC(=O)c1nn(C(C)C)c(=O)c2ccccc12. The normalized spacial score (nSPS) is 12.6. The summed E-state index contributed by atoms with van der Waals surface area (Å²) < 4.78 is 6.46. The molecule has 0 fully saturated rings. The molecule has 2 atom stereocenters. The first-order valence-electron chi connectivity index (χ1n) is 11.8. The van der Waals surface area contributed by atoms with Crippen LogP contribution in [0.5, 0.6) is 0 Å². The van der Waals surface area contributed by atoms with Gasteiger partial charge in [0.2, 0.25) is 0 Å². The van der Waals surface area contributed by atoms with Gasteiger partial charge in [-0.1, -0.05) is 68.8 Å². The number of nitrogens with one attached hydrogen (secondary N) is 3. The number of carbonyl (C=O) groups excluding carboxylic acids is 3. The molecule has 2 aromatic carbocycles. The molecule has 0 aliphatic heterocycles. The first-order valence-corrected chi connectivity index (χ1v) is 11.8. The van der Waals surface area contributed by atoms with Crippen LogP contribution in [0.4, 0.5) is 4.79 Å². The first-order chi connectivity index (χ1) is 17.2. The number of alkyl carbamates (subject to hydrolysis) is 1. The maximum absolute atomic E-state index is 13.0. The van der Waals surface area contributed by atoms with Crippen LogP contribution >= 0.6 is 0 Å². The molecule has 0 spiro atoms. The van der Waals surface area contributed by atoms with E-state index in [-0.39, 0.29) is 29.8 Å². The van der Waals surface area contributed by atoms with Crippen molar-refractivity contribution in [2.45, 2.75) is 52.8 Å². The molecule has 10 nitrogen and oxygen atoms in total. The monoisotopic (exact) mass is 493 g/mol. The van der Waals surface area contributed by atoms with E-state index in [1.54, 1.807) is 45.0 Å². The molecule has 190 valence electrons. The molecule has 3 N–H and O–H groups in total. The summed E-state index contributed by atoms with van der Waals surface area (Å²) in [5, 5.41) is 7.52. The van der Waals surface area contributed by atoms with Gasteiger partial charge in [0, 0.05) is 5.39 Å². The number of rotatable bonds is 8. The number of hydrogen-bond acceptors (Lipinski definition) is 6. The van der Waals surface area contributed by atoms with Crippen LogP contribution in [0.3, 0.4) is 0 Å². The number of nitrogens with zero attached hydrogens (tertiary/aromatic N) is 2. The Labute approximate surface area is 209 Å². The van der Waals surface area contributed by atoms with Crippen LogP contribution in [0.15, 0.2) is 59.4 Å². The zero-order valence-electron chi connectivity index (χ0n) is 20.8. The van der Waals surface area contributed by atoms with E-state index in [9.17, 15) is 19.2 Å². The molecule has 10 heteroatoms. The van der Waals surface area contributed by atoms with Gasteiger partial charge in [-0.05, 0) is 31.4 Å². The summed E-state index contributed by atoms with van der Waals surface area (Å²) in [6.07, 6.45) is -0.154. The van der Waals surface area contributed by atoms with Crippen LogP contribution < -0.4 is 21.7 Å². The number of hydrogen-bond donors (Lipinski definition) is 3. The number of ether oxygens (including phenoxy) is 1. The average molecular weight is 494 g/mol. The Morgan fingerprint density at radius 1 is 0.944 bits per heavy atom. The van der Waals surface area contributed by atoms with Crippen molar-refractivity contribution in [2.75, 3.05) is 0 Å². The van der Waals surface area contributed by atoms with E-state index < -0.39 is 23.9 Å². The van der Waals surface area contributed by atoms with E-state index in [2.05, 4.69) is 21.3 Å². The van der Waals surface area contributed by atoms with Crippen molar-refractivity contribution < 1.29 is 19.1 Å². The Morgan fingerprint density at radius 3 is 2.22 bits per heavy atom. The Morgan fingerprint density at radius 2 is 1.58 bits per heavy atom. The van der Waals surface area contributed by atoms with Gasteiger partial charge in [-0.2, -0.15) is 5.10 Å². The van der Waals surface area contributed by atoms with E-state index in [4.69, 9.17) is 4.74 Å². The summed E-state index contributed by atoms with van der Waals surface area (Å²) in [7, 11) is 0. The summed E-state index contributed by atoms with van der Waals surface area (Å²) in [6, 6.07) is 14.6. The molecule has 0 aliphatic rings. The highest BCUT2D eigenvalue weighted by atomic mass is 16.5. The Balaban J connectivity index is 1.71. The Hall–Kier alpha value is -4.21. The highest BCUT2D eigenvalue weighted by molar-refractivity contribution is 6.05. The second-order valence-electron chi connectivity index (χ2n) is 8.75. The summed E-state index contributed by atoms with van der Waals surface area (Å²) in [5.74, 6) is -1.55. The number of carbonyl (C=O) groups is 3. The molecule has 0 aliphatic carbocycles. The second-order valence-corrected chi connectivity index (χ2v) is 8.75. The third-order valence-corrected chi connectivity index (χ3v) is 5.81. The molecule has 3 aromatic rings. The van der Waals surface area contributed by atoms with Crippen molar-refractivity contribution in [3.05, 3.63) is 76.2 Å². The number of fused-ring (bicyclic) bond motifs is 1. The van der Waals surface area contributed by atoms with Gasteiger partial charge in [0.05, 0.1) is 11.4 Å². The van der Waals surface area contributed by atoms with Crippen molar-refractivity contribution >= 4 is 28.7 Å². The lowest BCUT2D eigenvalue weighted by atomic mass is 9.99. The molecular formula is C26H31N5O5. The third kappa shape index (κ3) is 6.26. The van der Waals surface area contributed by atoms with Gasteiger partial charge in [-0.3, -0.25) is 25.2 Å². The lowest BCUT2D eigenvalue weighted by Crippen LogP contribution is -2.55. The predicted octanol–water partition coefficient (Wildman–Crippen LogP) is 3.08. The fourth-order valence-corrected chi connectivity index (χ4v) is 3.57. The molecule has 3 amide bonds. The quantitative estimate of drug-likeness (QED) is 0.413. The molecule has 0 bridgehead atoms. The Kier molecular flexibility index (Phi) is 8.77. The maximum Gasteiger partial charge on any atom is 0.408 e. The van der Waals surface area contributed by atoms with Gasteiger partial charge in [-0.25, -0.2) is 9.48 Å². The maximum atomic E-state index is 13.0. The van der Waals surface area contributed by atoms with Crippen molar-refractivity contribution in [3.63, 3.8) is 0 Å². The molecule has 1 aromatic heterocycles. The fourth-order valence-electron chi connectivity index (χ4n) is 3.57. The standard InChI is InChI=1S/C26H31N5O5/c1-5-17(4)21(27-26(35)36-15-18-11-7-6-8-12-18)23(32)28-29-24(33)22-19-13-9-10-14-20(19)25(34)31(30-22)16(2)3/h6-14,16-17,21H,5,15H2,1-4H3,(H,27,35)(H,28,32)(H,29,33)/t17-,21-/m0/s1. The minimum absolute atomic E-state index is 0.00507. The van der Waals surface area contributed by atoms with E-state index in [1.807, 2.05) is 37.3 Å². The van der Waals surface area contributed by atoms with Crippen molar-refractivity contribution in [3.8, 4) is 0 Å². The van der Waals surface area contributed by atoms with Gasteiger partial charge in [-0.15, -0.1) is 0 Å². The third-order valence-electron chi connectivity index (χ3n) is 5.81. The highest BCUT2D eigenvalue weighted by Gasteiger charge is 2.27. The van der Waals surface area contributed by atoms with E-state index in [0.717, 1.165) is 5.56 Å². The van der Waals surface area contributed by atoms with E-state index in [1.165, 1.54) is 4.68 Å². The summed E-state index contributed by atoms with van der Waals surface area (Å²) >= 11 is 0. The molecule has 0 radical (unpaired) electrons. The molecule has 1 heterocycles. The van der Waals surface area contributed by atoms with Crippen LogP contribution in [-0.2, 0) is 16.1 Å². The number of benzene rings is 2. The van der Waals surface area contributed by atoms with Gasteiger partial charge in [0.25, 0.3) is 17.4 Å².